The van der Waals surface area contributed by atoms with Crippen molar-refractivity contribution in [2.75, 3.05) is 16.0 Å². The minimum atomic E-state index is -0.403. The van der Waals surface area contributed by atoms with Gasteiger partial charge in [0.1, 0.15) is 5.25 Å². The maximum Gasteiger partial charge on any atom is 0.244 e. The van der Waals surface area contributed by atoms with Gasteiger partial charge in [0.05, 0.1) is 0 Å². The van der Waals surface area contributed by atoms with E-state index in [0.29, 0.717) is 10.2 Å². The summed E-state index contributed by atoms with van der Waals surface area (Å²) in [6.45, 7) is 0. The average molecular weight is 477 g/mol. The third-order valence-corrected chi connectivity index (χ3v) is 6.56. The molecule has 0 fully saturated rings. The number of nitrogens with one attached hydrogen (secondary N) is 3. The number of aromatic nitrogens is 1. The molecule has 4 rings (SSSR count). The van der Waals surface area contributed by atoms with E-state index in [1.165, 1.54) is 23.1 Å². The van der Waals surface area contributed by atoms with Gasteiger partial charge in [0.25, 0.3) is 0 Å². The first kappa shape index (κ1) is 22.0. The summed E-state index contributed by atoms with van der Waals surface area (Å²) in [5.74, 6) is -0.105. The lowest BCUT2D eigenvalue weighted by atomic mass is 10.1. The van der Waals surface area contributed by atoms with E-state index in [-0.39, 0.29) is 5.91 Å². The molecule has 0 radical (unpaired) electrons. The van der Waals surface area contributed by atoms with Crippen molar-refractivity contribution in [3.05, 3.63) is 102 Å². The first-order valence-corrected chi connectivity index (χ1v) is 12.0. The summed E-state index contributed by atoms with van der Waals surface area (Å²) in [6.07, 6.45) is 1.67. The summed E-state index contributed by atoms with van der Waals surface area (Å²) in [5.41, 5.74) is 2.72. The van der Waals surface area contributed by atoms with Crippen LogP contribution in [0.1, 0.15) is 10.8 Å². The van der Waals surface area contributed by atoms with E-state index >= 15 is 0 Å². The smallest absolute Gasteiger partial charge is 0.244 e. The summed E-state index contributed by atoms with van der Waals surface area (Å²) in [4.78, 5) is 18.1. The minimum absolute atomic E-state index is 0.105. The molecular formula is C24H20N4OS3. The Morgan fingerprint density at radius 1 is 0.844 bits per heavy atom. The van der Waals surface area contributed by atoms with Gasteiger partial charge >= 0.3 is 0 Å². The van der Waals surface area contributed by atoms with E-state index in [9.17, 15) is 4.79 Å². The standard InChI is InChI=1S/C24H20N4OS3/c29-22(28-24-25-15-16-31-24)21(17-7-3-1-4-8-17)32-20-13-11-19(12-14-20)27-23(30)26-18-9-5-2-6-10-18/h1-16,21H,(H,25,28,29)(H2,26,27,30). The second kappa shape index (κ2) is 10.9. The Hall–Kier alpha value is -3.20. The number of hydrogen-bond acceptors (Lipinski definition) is 5. The molecule has 0 aliphatic heterocycles. The summed E-state index contributed by atoms with van der Waals surface area (Å²) in [7, 11) is 0. The van der Waals surface area contributed by atoms with Gasteiger partial charge in [0.2, 0.25) is 5.91 Å². The molecule has 1 atom stereocenters. The molecule has 0 saturated heterocycles. The second-order valence-corrected chi connectivity index (χ2v) is 9.19. The zero-order valence-electron chi connectivity index (χ0n) is 16.9. The molecule has 1 aromatic heterocycles. The van der Waals surface area contributed by atoms with Gasteiger partial charge in [-0.15, -0.1) is 23.1 Å². The van der Waals surface area contributed by atoms with Gasteiger partial charge in [-0.25, -0.2) is 4.98 Å². The maximum absolute atomic E-state index is 13.0. The number of amides is 1. The lowest BCUT2D eigenvalue weighted by molar-refractivity contribution is -0.115. The summed E-state index contributed by atoms with van der Waals surface area (Å²) >= 11 is 8.28. The van der Waals surface area contributed by atoms with Crippen molar-refractivity contribution in [1.82, 2.24) is 4.98 Å². The van der Waals surface area contributed by atoms with E-state index in [2.05, 4.69) is 20.9 Å². The average Bonchev–Trinajstić information content (AvgIpc) is 3.32. The second-order valence-electron chi connectivity index (χ2n) is 6.70. The molecule has 1 amide bonds. The van der Waals surface area contributed by atoms with Crippen LogP contribution in [0.2, 0.25) is 0 Å². The van der Waals surface area contributed by atoms with Gasteiger partial charge < -0.3 is 16.0 Å². The number of carbonyl (C=O) groups is 1. The van der Waals surface area contributed by atoms with Gasteiger partial charge in [-0.2, -0.15) is 0 Å². The van der Waals surface area contributed by atoms with Crippen LogP contribution in [-0.4, -0.2) is 16.0 Å². The molecular weight excluding hydrogens is 456 g/mol. The van der Waals surface area contributed by atoms with Crippen LogP contribution in [-0.2, 0) is 4.79 Å². The van der Waals surface area contributed by atoms with E-state index in [1.807, 2.05) is 90.3 Å². The van der Waals surface area contributed by atoms with Gasteiger partial charge in [0.15, 0.2) is 10.2 Å². The molecule has 32 heavy (non-hydrogen) atoms. The molecule has 0 aliphatic rings. The zero-order valence-corrected chi connectivity index (χ0v) is 19.3. The molecule has 0 spiro atoms. The van der Waals surface area contributed by atoms with E-state index < -0.39 is 5.25 Å². The minimum Gasteiger partial charge on any atom is -0.332 e. The quantitative estimate of drug-likeness (QED) is 0.211. The van der Waals surface area contributed by atoms with E-state index in [1.54, 1.807) is 6.20 Å². The fourth-order valence-corrected chi connectivity index (χ4v) is 4.72. The molecule has 1 unspecified atom stereocenters. The Labute approximate surface area is 200 Å². The summed E-state index contributed by atoms with van der Waals surface area (Å²) in [6, 6.07) is 27.3. The number of thiocarbonyl (C=S) groups is 1. The molecule has 4 aromatic rings. The fourth-order valence-electron chi connectivity index (χ4n) is 2.92. The topological polar surface area (TPSA) is 66.0 Å². The normalized spacial score (nSPS) is 11.4. The third-order valence-electron chi connectivity index (χ3n) is 4.40. The number of thiazole rings is 1. The highest BCUT2D eigenvalue weighted by atomic mass is 32.2. The molecule has 3 aromatic carbocycles. The molecule has 0 bridgehead atoms. The van der Waals surface area contributed by atoms with Gasteiger partial charge in [0, 0.05) is 27.8 Å². The van der Waals surface area contributed by atoms with Crippen molar-refractivity contribution >= 4 is 62.8 Å². The van der Waals surface area contributed by atoms with Gasteiger partial charge in [-0.05, 0) is 54.2 Å². The van der Waals surface area contributed by atoms with Crippen LogP contribution in [0.5, 0.6) is 0 Å². The predicted octanol–water partition coefficient (Wildman–Crippen LogP) is 6.42. The van der Waals surface area contributed by atoms with Crippen molar-refractivity contribution in [1.29, 1.82) is 0 Å². The Balaban J connectivity index is 1.43. The summed E-state index contributed by atoms with van der Waals surface area (Å²) < 4.78 is 0. The van der Waals surface area contributed by atoms with Crippen LogP contribution in [0.4, 0.5) is 16.5 Å². The molecule has 3 N–H and O–H groups in total. The lowest BCUT2D eigenvalue weighted by Crippen LogP contribution is -2.19. The van der Waals surface area contributed by atoms with Crippen LogP contribution >= 0.6 is 35.3 Å². The number of carbonyl (C=O) groups excluding carboxylic acids is 1. The number of anilines is 3. The van der Waals surface area contributed by atoms with E-state index in [0.717, 1.165) is 21.8 Å². The van der Waals surface area contributed by atoms with Crippen LogP contribution < -0.4 is 16.0 Å². The zero-order chi connectivity index (χ0) is 22.2. The first-order valence-electron chi connectivity index (χ1n) is 9.82. The SMILES string of the molecule is O=C(Nc1nccs1)C(Sc1ccc(NC(=S)Nc2ccccc2)cc1)c1ccccc1. The largest absolute Gasteiger partial charge is 0.332 e. The number of benzene rings is 3. The van der Waals surface area contributed by atoms with Crippen molar-refractivity contribution in [2.24, 2.45) is 0 Å². The number of rotatable bonds is 7. The number of thioether (sulfide) groups is 1. The monoisotopic (exact) mass is 476 g/mol. The lowest BCUT2D eigenvalue weighted by Gasteiger charge is -2.17. The van der Waals surface area contributed by atoms with Crippen LogP contribution in [0.25, 0.3) is 0 Å². The first-order chi connectivity index (χ1) is 15.7. The fraction of sp³-hybridized carbons (Fsp3) is 0.0417. The molecule has 5 nitrogen and oxygen atoms in total. The molecule has 1 heterocycles. The number of nitrogens with zero attached hydrogens (tertiary/aromatic N) is 1. The highest BCUT2D eigenvalue weighted by molar-refractivity contribution is 8.00. The molecule has 160 valence electrons. The molecule has 0 aliphatic carbocycles. The van der Waals surface area contributed by atoms with Crippen molar-refractivity contribution in [3.63, 3.8) is 0 Å². The Morgan fingerprint density at radius 2 is 1.47 bits per heavy atom. The Kier molecular flexibility index (Phi) is 7.50. The number of hydrogen-bond donors (Lipinski definition) is 3. The highest BCUT2D eigenvalue weighted by Gasteiger charge is 2.22. The molecule has 8 heteroatoms. The van der Waals surface area contributed by atoms with Crippen molar-refractivity contribution in [3.8, 4) is 0 Å². The summed E-state index contributed by atoms with van der Waals surface area (Å²) in [5, 5.41) is 11.8. The van der Waals surface area contributed by atoms with E-state index in [4.69, 9.17) is 12.2 Å². The predicted molar refractivity (Wildman–Crippen MR) is 139 cm³/mol. The van der Waals surface area contributed by atoms with Crippen LogP contribution in [0.3, 0.4) is 0 Å². The third kappa shape index (κ3) is 6.16. The maximum atomic E-state index is 13.0. The Morgan fingerprint density at radius 3 is 2.09 bits per heavy atom. The van der Waals surface area contributed by atoms with Crippen LogP contribution in [0, 0.1) is 0 Å². The molecule has 0 saturated carbocycles. The highest BCUT2D eigenvalue weighted by Crippen LogP contribution is 2.36. The number of para-hydroxylation sites is 1. The van der Waals surface area contributed by atoms with Crippen LogP contribution in [0.15, 0.2) is 101 Å². The Bertz CT molecular complexity index is 1150. The van der Waals surface area contributed by atoms with Crippen molar-refractivity contribution in [2.45, 2.75) is 10.1 Å². The van der Waals surface area contributed by atoms with Crippen molar-refractivity contribution < 1.29 is 4.79 Å². The van der Waals surface area contributed by atoms with Gasteiger partial charge in [-0.1, -0.05) is 48.5 Å². The van der Waals surface area contributed by atoms with Gasteiger partial charge in [-0.3, -0.25) is 4.79 Å².